The highest BCUT2D eigenvalue weighted by molar-refractivity contribution is 5.62. The highest BCUT2D eigenvalue weighted by Crippen LogP contribution is 2.03. The van der Waals surface area contributed by atoms with Crippen molar-refractivity contribution in [2.75, 3.05) is 13.2 Å². The van der Waals surface area contributed by atoms with E-state index in [1.165, 1.54) is 24.7 Å². The molecule has 0 rings (SSSR count). The second kappa shape index (κ2) is 29.5. The Hall–Kier alpha value is -4.51. The van der Waals surface area contributed by atoms with Crippen LogP contribution in [0.1, 0.15) is 58.8 Å². The summed E-state index contributed by atoms with van der Waals surface area (Å²) in [5, 5.41) is 8.20. The van der Waals surface area contributed by atoms with E-state index >= 15 is 0 Å². The molecule has 0 heterocycles. The fraction of sp³-hybridized carbons (Fsp3) is 0.387. The van der Waals surface area contributed by atoms with Gasteiger partial charge in [0, 0.05) is 0 Å². The average Bonchev–Trinajstić information content (AvgIpc) is 2.98. The van der Waals surface area contributed by atoms with Gasteiger partial charge in [-0.15, -0.1) is 0 Å². The molecule has 0 fully saturated rings. The zero-order valence-corrected chi connectivity index (χ0v) is 24.2. The summed E-state index contributed by atoms with van der Waals surface area (Å²) >= 11 is 0. The lowest BCUT2D eigenvalue weighted by atomic mass is 10.3. The number of carbonyl (C=O) groups excluding carboxylic acids is 3. The highest BCUT2D eigenvalue weighted by Gasteiger charge is 2.21. The van der Waals surface area contributed by atoms with Gasteiger partial charge >= 0.3 is 18.5 Å². The third-order valence-electron chi connectivity index (χ3n) is 4.47. The van der Waals surface area contributed by atoms with Gasteiger partial charge in [0.2, 0.25) is 0 Å². The molecule has 0 aliphatic heterocycles. The van der Waals surface area contributed by atoms with Crippen molar-refractivity contribution in [2.45, 2.75) is 64.9 Å². The summed E-state index contributed by atoms with van der Waals surface area (Å²) in [6.07, 6.45) is 27.1. The fourth-order valence-electron chi connectivity index (χ4n) is 2.55. The van der Waals surface area contributed by atoms with Crippen molar-refractivity contribution in [3.05, 3.63) is 98.0 Å². The van der Waals surface area contributed by atoms with Crippen molar-refractivity contribution in [1.29, 1.82) is 0 Å². The monoisotopic (exact) mass is 590 g/mol. The molecule has 0 aliphatic rings. The van der Waals surface area contributed by atoms with Crippen molar-refractivity contribution in [1.82, 2.24) is 0 Å². The summed E-state index contributed by atoms with van der Waals surface area (Å²) in [5.41, 5.74) is 0. The van der Waals surface area contributed by atoms with Crippen molar-refractivity contribution >= 4 is 18.5 Å². The molecule has 0 saturated carbocycles. The van der Waals surface area contributed by atoms with Crippen LogP contribution >= 0.6 is 0 Å². The lowest BCUT2D eigenvalue weighted by Gasteiger charge is -2.16. The van der Waals surface area contributed by atoms with Crippen molar-refractivity contribution in [3.63, 3.8) is 0 Å². The number of hydrogen-bond donors (Lipinski definition) is 1. The third-order valence-corrected chi connectivity index (χ3v) is 4.47. The van der Waals surface area contributed by atoms with Crippen molar-refractivity contribution < 1.29 is 52.9 Å². The van der Waals surface area contributed by atoms with Crippen LogP contribution in [0.3, 0.4) is 0 Å². The average molecular weight is 591 g/mol. The Labute approximate surface area is 247 Å². The maximum atomic E-state index is 12.0. The molecule has 0 aliphatic carbocycles. The van der Waals surface area contributed by atoms with Crippen LogP contribution < -0.4 is 0 Å². The number of rotatable bonds is 21. The zero-order chi connectivity index (χ0) is 30.9. The highest BCUT2D eigenvalue weighted by atomic mass is 17.1. The van der Waals surface area contributed by atoms with Crippen molar-refractivity contribution in [3.8, 4) is 0 Å². The van der Waals surface area contributed by atoms with Gasteiger partial charge in [-0.2, -0.15) is 0 Å². The van der Waals surface area contributed by atoms with Crippen molar-refractivity contribution in [2.24, 2.45) is 0 Å². The summed E-state index contributed by atoms with van der Waals surface area (Å²) in [4.78, 5) is 39.5. The van der Waals surface area contributed by atoms with Crippen LogP contribution in [0.15, 0.2) is 98.0 Å². The van der Waals surface area contributed by atoms with E-state index in [1.807, 2.05) is 24.3 Å². The molecule has 0 aromatic rings. The Kier molecular flexibility index (Phi) is 26.3. The minimum absolute atomic E-state index is 0.291. The number of hydrogen-bond acceptors (Lipinski definition) is 11. The Morgan fingerprint density at radius 2 is 0.881 bits per heavy atom. The second-order valence-corrected chi connectivity index (χ2v) is 7.94. The normalized spacial score (nSPS) is 12.3. The van der Waals surface area contributed by atoms with Crippen LogP contribution in [0.4, 0.5) is 14.4 Å². The molecule has 0 aromatic heterocycles. The van der Waals surface area contributed by atoms with Gasteiger partial charge in [-0.25, -0.2) is 19.6 Å². The molecule has 0 aromatic carbocycles. The van der Waals surface area contributed by atoms with Gasteiger partial charge in [-0.1, -0.05) is 62.5 Å². The molecule has 0 spiro atoms. The molecule has 0 bridgehead atoms. The van der Waals surface area contributed by atoms with Crippen LogP contribution in [0.2, 0.25) is 0 Å². The largest absolute Gasteiger partial charge is 0.513 e. The Morgan fingerprint density at radius 1 is 0.524 bits per heavy atom. The molecule has 42 heavy (non-hydrogen) atoms. The molecular weight excluding hydrogens is 548 g/mol. The minimum atomic E-state index is -1.22. The van der Waals surface area contributed by atoms with Crippen LogP contribution in [0.25, 0.3) is 0 Å². The molecule has 11 heteroatoms. The van der Waals surface area contributed by atoms with E-state index in [0.29, 0.717) is 19.3 Å². The first-order valence-corrected chi connectivity index (χ1v) is 13.6. The van der Waals surface area contributed by atoms with Gasteiger partial charge in [0.1, 0.15) is 19.5 Å². The predicted molar refractivity (Wildman–Crippen MR) is 157 cm³/mol. The maximum absolute atomic E-state index is 12.0. The van der Waals surface area contributed by atoms with E-state index in [0.717, 1.165) is 38.2 Å². The molecule has 0 unspecified atom stereocenters. The molecule has 0 radical (unpaired) electrons. The molecule has 0 atom stereocenters. The summed E-state index contributed by atoms with van der Waals surface area (Å²) in [6.45, 7) is 3.13. The Bertz CT molecular complexity index is 900. The fourth-order valence-corrected chi connectivity index (χ4v) is 2.55. The quantitative estimate of drug-likeness (QED) is 0.0345. The van der Waals surface area contributed by atoms with E-state index < -0.39 is 37.8 Å². The van der Waals surface area contributed by atoms with Gasteiger partial charge in [0.15, 0.2) is 6.10 Å². The topological polar surface area (TPSA) is 136 Å². The van der Waals surface area contributed by atoms with Gasteiger partial charge < -0.3 is 33.3 Å². The molecule has 232 valence electrons. The summed E-state index contributed by atoms with van der Waals surface area (Å²) in [7, 11) is 0. The summed E-state index contributed by atoms with van der Waals surface area (Å²) in [6, 6.07) is 0. The SMILES string of the molecule is CC/C=C\C/C=C\C/C=C\OC(=O)OCC(COC(=O)O/C=C\C/C=C\C/C=C\CC)OC(=O)O/C=C\C/C=C\OO. The number of carbonyl (C=O) groups is 3. The van der Waals surface area contributed by atoms with Gasteiger partial charge in [0.05, 0.1) is 18.8 Å². The summed E-state index contributed by atoms with van der Waals surface area (Å²) < 4.78 is 29.4. The zero-order valence-electron chi connectivity index (χ0n) is 24.2. The first-order valence-electron chi connectivity index (χ1n) is 13.6. The third kappa shape index (κ3) is 27.1. The minimum Gasteiger partial charge on any atom is -0.430 e. The van der Waals surface area contributed by atoms with Crippen LogP contribution in [-0.4, -0.2) is 43.0 Å². The number of ether oxygens (including phenoxy) is 6. The van der Waals surface area contributed by atoms with E-state index in [2.05, 4.69) is 43.0 Å². The summed E-state index contributed by atoms with van der Waals surface area (Å²) in [5.74, 6) is 0. The van der Waals surface area contributed by atoms with Gasteiger partial charge in [0.25, 0.3) is 0 Å². The molecule has 11 nitrogen and oxygen atoms in total. The molecule has 0 amide bonds. The van der Waals surface area contributed by atoms with Crippen LogP contribution in [0, 0.1) is 0 Å². The van der Waals surface area contributed by atoms with E-state index in [4.69, 9.17) is 33.7 Å². The van der Waals surface area contributed by atoms with Crippen LogP contribution in [-0.2, 0) is 33.3 Å². The first kappa shape index (κ1) is 37.5. The van der Waals surface area contributed by atoms with E-state index in [-0.39, 0.29) is 0 Å². The Balaban J connectivity index is 4.69. The molecule has 1 N–H and O–H groups in total. The van der Waals surface area contributed by atoms with Gasteiger partial charge in [-0.05, 0) is 69.2 Å². The molecular formula is C31H42O11. The molecule has 0 saturated heterocycles. The Morgan fingerprint density at radius 3 is 1.31 bits per heavy atom. The van der Waals surface area contributed by atoms with E-state index in [9.17, 15) is 14.4 Å². The predicted octanol–water partition coefficient (Wildman–Crippen LogP) is 8.35. The van der Waals surface area contributed by atoms with Crippen LogP contribution in [0.5, 0.6) is 0 Å². The number of allylic oxidation sites excluding steroid dienone is 12. The smallest absolute Gasteiger partial charge is 0.430 e. The standard InChI is InChI=1S/C31H42O11/c1-3-5-7-9-11-13-15-18-22-36-29(32)39-26-28(42-31(34)38-24-20-17-21-25-41-35)27-40-30(33)37-23-19-16-14-12-10-8-6-4-2/h5-8,11-14,18-25,28,35H,3-4,9-10,15-17,26-27H2,1-2H3/b7-5-,8-6-,13-11-,14-12-,22-18-,23-19-,24-20-,25-21-. The lowest BCUT2D eigenvalue weighted by Crippen LogP contribution is -2.30. The first-order chi connectivity index (χ1) is 20.5. The van der Waals surface area contributed by atoms with Gasteiger partial charge in [-0.3, -0.25) is 0 Å². The maximum Gasteiger partial charge on any atom is 0.513 e. The van der Waals surface area contributed by atoms with E-state index in [1.54, 1.807) is 12.2 Å². The second-order valence-electron chi connectivity index (χ2n) is 7.94. The lowest BCUT2D eigenvalue weighted by molar-refractivity contribution is -0.186.